The van der Waals surface area contributed by atoms with Crippen LogP contribution in [0.1, 0.15) is 29.4 Å². The minimum Gasteiger partial charge on any atom is -0.300 e. The van der Waals surface area contributed by atoms with Gasteiger partial charge in [0.1, 0.15) is 11.6 Å². The van der Waals surface area contributed by atoms with Crippen LogP contribution in [0.3, 0.4) is 0 Å². The molecule has 1 aromatic carbocycles. The zero-order valence-corrected chi connectivity index (χ0v) is 12.8. The predicted molar refractivity (Wildman–Crippen MR) is 81.6 cm³/mol. The molecule has 110 valence electrons. The largest absolute Gasteiger partial charge is 0.300 e. The number of aromatic amines is 1. The van der Waals surface area contributed by atoms with Crippen LogP contribution in [0.5, 0.6) is 0 Å². The topological polar surface area (TPSA) is 62.8 Å². The minimum atomic E-state index is 0.0482. The van der Waals surface area contributed by atoms with Gasteiger partial charge >= 0.3 is 0 Å². The third kappa shape index (κ3) is 4.26. The van der Waals surface area contributed by atoms with E-state index in [1.807, 2.05) is 19.1 Å². The Morgan fingerprint density at radius 3 is 2.67 bits per heavy atom. The van der Waals surface area contributed by atoms with Gasteiger partial charge in [0.05, 0.1) is 12.1 Å². The Balaban J connectivity index is 2.02. The highest BCUT2D eigenvalue weighted by Crippen LogP contribution is 2.20. The summed E-state index contributed by atoms with van der Waals surface area (Å²) in [6.45, 7) is 3.46. The molecule has 1 N–H and O–H groups in total. The molecule has 4 nitrogen and oxygen atoms in total. The summed E-state index contributed by atoms with van der Waals surface area (Å²) in [7, 11) is 0. The molecule has 0 aliphatic rings. The molecule has 0 fully saturated rings. The summed E-state index contributed by atoms with van der Waals surface area (Å²) in [5, 5.41) is 7.46. The van der Waals surface area contributed by atoms with Gasteiger partial charge in [-0.1, -0.05) is 23.7 Å². The quantitative estimate of drug-likeness (QED) is 0.892. The molecule has 1 aromatic heterocycles. The van der Waals surface area contributed by atoms with Crippen LogP contribution in [0.15, 0.2) is 24.3 Å². The van der Waals surface area contributed by atoms with Crippen molar-refractivity contribution in [3.63, 3.8) is 0 Å². The molecule has 0 amide bonds. The third-order valence-corrected chi connectivity index (χ3v) is 3.58. The number of carbonyl (C=O) groups is 2. The fourth-order valence-corrected chi connectivity index (χ4v) is 2.50. The number of benzene rings is 1. The highest BCUT2D eigenvalue weighted by Gasteiger charge is 2.12. The van der Waals surface area contributed by atoms with Crippen LogP contribution in [-0.2, 0) is 28.9 Å². The van der Waals surface area contributed by atoms with Gasteiger partial charge in [-0.05, 0) is 37.1 Å². The van der Waals surface area contributed by atoms with Gasteiger partial charge in [0.2, 0.25) is 0 Å². The Kier molecular flexibility index (Phi) is 4.91. The van der Waals surface area contributed by atoms with E-state index in [9.17, 15) is 9.59 Å². The molecule has 2 aromatic rings. The SMILES string of the molecule is CC(=O)Cc1cc(CC(=O)Cc2c(C)cccc2Cl)n[nH]1. The number of hydrogen-bond acceptors (Lipinski definition) is 3. The number of aryl methyl sites for hydroxylation is 1. The summed E-state index contributed by atoms with van der Waals surface area (Å²) in [4.78, 5) is 23.2. The zero-order valence-electron chi connectivity index (χ0n) is 12.1. The van der Waals surface area contributed by atoms with Gasteiger partial charge in [0.15, 0.2) is 0 Å². The molecule has 0 bridgehead atoms. The Morgan fingerprint density at radius 2 is 2.00 bits per heavy atom. The van der Waals surface area contributed by atoms with Crippen LogP contribution in [0.25, 0.3) is 0 Å². The van der Waals surface area contributed by atoms with Gasteiger partial charge in [-0.2, -0.15) is 5.10 Å². The van der Waals surface area contributed by atoms with Gasteiger partial charge in [-0.3, -0.25) is 14.7 Å². The first-order valence-corrected chi connectivity index (χ1v) is 7.12. The van der Waals surface area contributed by atoms with Crippen molar-refractivity contribution in [1.29, 1.82) is 0 Å². The maximum atomic E-state index is 12.1. The normalized spacial score (nSPS) is 10.6. The molecular weight excluding hydrogens is 288 g/mol. The fourth-order valence-electron chi connectivity index (χ4n) is 2.21. The zero-order chi connectivity index (χ0) is 15.4. The number of nitrogens with one attached hydrogen (secondary N) is 1. The molecular formula is C16H17ClN2O2. The van der Waals surface area contributed by atoms with Crippen molar-refractivity contribution in [2.24, 2.45) is 0 Å². The second-order valence-corrected chi connectivity index (χ2v) is 5.60. The molecule has 0 aliphatic carbocycles. The number of Topliss-reactive ketones (excluding diaryl/α,β-unsaturated/α-hetero) is 2. The number of aromatic nitrogens is 2. The second-order valence-electron chi connectivity index (χ2n) is 5.19. The van der Waals surface area contributed by atoms with Gasteiger partial charge in [-0.15, -0.1) is 0 Å². The molecule has 0 saturated carbocycles. The van der Waals surface area contributed by atoms with E-state index in [2.05, 4.69) is 10.2 Å². The summed E-state index contributed by atoms with van der Waals surface area (Å²) in [5.41, 5.74) is 3.26. The van der Waals surface area contributed by atoms with E-state index in [0.717, 1.165) is 16.8 Å². The van der Waals surface area contributed by atoms with Crippen molar-refractivity contribution in [1.82, 2.24) is 10.2 Å². The first-order valence-electron chi connectivity index (χ1n) is 6.74. The van der Waals surface area contributed by atoms with Gasteiger partial charge < -0.3 is 0 Å². The summed E-state index contributed by atoms with van der Waals surface area (Å²) in [6.07, 6.45) is 0.838. The van der Waals surface area contributed by atoms with Crippen LogP contribution in [-0.4, -0.2) is 21.8 Å². The molecule has 0 saturated heterocycles. The lowest BCUT2D eigenvalue weighted by Crippen LogP contribution is -2.08. The van der Waals surface area contributed by atoms with Crippen molar-refractivity contribution < 1.29 is 9.59 Å². The Labute approximate surface area is 128 Å². The van der Waals surface area contributed by atoms with Gasteiger partial charge in [0, 0.05) is 23.6 Å². The Morgan fingerprint density at radius 1 is 1.24 bits per heavy atom. The maximum absolute atomic E-state index is 12.1. The summed E-state index contributed by atoms with van der Waals surface area (Å²) in [5.74, 6) is 0.107. The van der Waals surface area contributed by atoms with E-state index >= 15 is 0 Å². The molecule has 0 radical (unpaired) electrons. The number of ketones is 2. The first-order chi connectivity index (χ1) is 9.95. The number of halogens is 1. The minimum absolute atomic E-state index is 0.0482. The van der Waals surface area contributed by atoms with Crippen molar-refractivity contribution in [3.8, 4) is 0 Å². The van der Waals surface area contributed by atoms with E-state index < -0.39 is 0 Å². The summed E-state index contributed by atoms with van der Waals surface area (Å²) >= 11 is 6.13. The summed E-state index contributed by atoms with van der Waals surface area (Å²) < 4.78 is 0. The standard InChI is InChI=1S/C16H17ClN2O2/c1-10-4-3-5-16(17)15(10)9-14(21)8-13-7-12(18-19-13)6-11(2)20/h3-5,7H,6,8-9H2,1-2H3,(H,18,19). The Hall–Kier alpha value is -1.94. The highest BCUT2D eigenvalue weighted by atomic mass is 35.5. The van der Waals surface area contributed by atoms with Crippen molar-refractivity contribution in [2.75, 3.05) is 0 Å². The van der Waals surface area contributed by atoms with Crippen LogP contribution in [0.2, 0.25) is 5.02 Å². The van der Waals surface area contributed by atoms with Crippen LogP contribution < -0.4 is 0 Å². The first kappa shape index (κ1) is 15.4. The highest BCUT2D eigenvalue weighted by molar-refractivity contribution is 6.31. The average Bonchev–Trinajstić information content (AvgIpc) is 2.80. The molecule has 0 unspecified atom stereocenters. The fraction of sp³-hybridized carbons (Fsp3) is 0.312. The molecule has 0 atom stereocenters. The number of H-pyrrole nitrogens is 1. The van der Waals surface area contributed by atoms with Crippen molar-refractivity contribution >= 4 is 23.2 Å². The number of rotatable bonds is 6. The Bertz CT molecular complexity index is 656. The predicted octanol–water partition coefficient (Wildman–Crippen LogP) is 2.86. The monoisotopic (exact) mass is 304 g/mol. The maximum Gasteiger partial charge on any atom is 0.143 e. The number of carbonyl (C=O) groups excluding carboxylic acids is 2. The van der Waals surface area contributed by atoms with E-state index in [-0.39, 0.29) is 18.0 Å². The number of nitrogens with zero attached hydrogens (tertiary/aromatic N) is 1. The average molecular weight is 305 g/mol. The van der Waals surface area contributed by atoms with Crippen LogP contribution in [0.4, 0.5) is 0 Å². The smallest absolute Gasteiger partial charge is 0.143 e. The van der Waals surface area contributed by atoms with Crippen molar-refractivity contribution in [3.05, 3.63) is 51.8 Å². The molecule has 5 heteroatoms. The molecule has 2 rings (SSSR count). The van der Waals surface area contributed by atoms with Crippen LogP contribution >= 0.6 is 11.6 Å². The lowest BCUT2D eigenvalue weighted by Gasteiger charge is -2.06. The van der Waals surface area contributed by atoms with E-state index in [4.69, 9.17) is 11.6 Å². The summed E-state index contributed by atoms with van der Waals surface area (Å²) in [6, 6.07) is 7.36. The third-order valence-electron chi connectivity index (χ3n) is 3.23. The van der Waals surface area contributed by atoms with Crippen molar-refractivity contribution in [2.45, 2.75) is 33.1 Å². The second kappa shape index (κ2) is 6.68. The number of hydrogen-bond donors (Lipinski definition) is 1. The van der Waals surface area contributed by atoms with Gasteiger partial charge in [0.25, 0.3) is 0 Å². The molecule has 21 heavy (non-hydrogen) atoms. The van der Waals surface area contributed by atoms with E-state index in [1.165, 1.54) is 6.92 Å². The van der Waals surface area contributed by atoms with E-state index in [1.54, 1.807) is 12.1 Å². The van der Waals surface area contributed by atoms with E-state index in [0.29, 0.717) is 23.6 Å². The molecule has 1 heterocycles. The van der Waals surface area contributed by atoms with Gasteiger partial charge in [-0.25, -0.2) is 0 Å². The molecule has 0 aliphatic heterocycles. The van der Waals surface area contributed by atoms with Crippen LogP contribution in [0, 0.1) is 6.92 Å². The molecule has 0 spiro atoms. The lowest BCUT2D eigenvalue weighted by molar-refractivity contribution is -0.118. The lowest BCUT2D eigenvalue weighted by atomic mass is 10.0.